The van der Waals surface area contributed by atoms with E-state index in [-0.39, 0.29) is 0 Å². The molecule has 1 aromatic heterocycles. The average Bonchev–Trinajstić information content (AvgIpc) is 2.63. The number of aliphatic imine (C=N–C) groups is 1. The fourth-order valence-electron chi connectivity index (χ4n) is 2.67. The van der Waals surface area contributed by atoms with Crippen molar-refractivity contribution in [2.24, 2.45) is 10.7 Å². The molecule has 0 unspecified atom stereocenters. The van der Waals surface area contributed by atoms with Crippen LogP contribution in [0.15, 0.2) is 46.1 Å². The summed E-state index contributed by atoms with van der Waals surface area (Å²) in [5.74, 6) is 1.38. The van der Waals surface area contributed by atoms with Crippen LogP contribution in [0.3, 0.4) is 0 Å². The second-order valence-electron chi connectivity index (χ2n) is 5.77. The fraction of sp³-hybridized carbons (Fsp3) is 0.353. The number of aromatic nitrogens is 2. The summed E-state index contributed by atoms with van der Waals surface area (Å²) in [7, 11) is 0. The molecule has 7 heteroatoms. The largest absolute Gasteiger partial charge is 0.370 e. The molecule has 0 aliphatic carbocycles. The quantitative estimate of drug-likeness (QED) is 0.644. The molecule has 126 valence electrons. The summed E-state index contributed by atoms with van der Waals surface area (Å²) in [5, 5.41) is 0. The van der Waals surface area contributed by atoms with Gasteiger partial charge >= 0.3 is 0 Å². The molecule has 1 aliphatic rings. The number of guanidine groups is 1. The first-order valence-corrected chi connectivity index (χ1v) is 8.74. The Morgan fingerprint density at radius 1 is 1.21 bits per heavy atom. The molecule has 1 saturated heterocycles. The molecule has 0 saturated carbocycles. The number of piperazine rings is 1. The van der Waals surface area contributed by atoms with E-state index in [2.05, 4.69) is 59.7 Å². The van der Waals surface area contributed by atoms with Crippen molar-refractivity contribution in [1.29, 1.82) is 0 Å². The molecule has 3 rings (SSSR count). The van der Waals surface area contributed by atoms with E-state index >= 15 is 0 Å². The highest BCUT2D eigenvalue weighted by Crippen LogP contribution is 2.17. The summed E-state index contributed by atoms with van der Waals surface area (Å²) in [6, 6.07) is 8.05. The predicted octanol–water partition coefficient (Wildman–Crippen LogP) is 2.18. The van der Waals surface area contributed by atoms with Gasteiger partial charge in [0.2, 0.25) is 5.95 Å². The third kappa shape index (κ3) is 4.03. The maximum absolute atomic E-state index is 6.18. The molecule has 2 aromatic rings. The zero-order valence-electron chi connectivity index (χ0n) is 13.7. The molecule has 0 radical (unpaired) electrons. The molecule has 1 fully saturated rings. The third-order valence-electron chi connectivity index (χ3n) is 4.16. The van der Waals surface area contributed by atoms with Gasteiger partial charge in [0.25, 0.3) is 0 Å². The van der Waals surface area contributed by atoms with Crippen molar-refractivity contribution in [3.8, 4) is 0 Å². The van der Waals surface area contributed by atoms with Gasteiger partial charge in [0.1, 0.15) is 0 Å². The van der Waals surface area contributed by atoms with Crippen LogP contribution in [0.2, 0.25) is 0 Å². The molecule has 0 amide bonds. The Balaban J connectivity index is 1.58. The highest BCUT2D eigenvalue weighted by atomic mass is 79.9. The summed E-state index contributed by atoms with van der Waals surface area (Å²) in [5.41, 5.74) is 8.59. The van der Waals surface area contributed by atoms with Crippen LogP contribution in [0.1, 0.15) is 11.1 Å². The SMILES string of the molecule is Cc1ccc(Br)cc1CN=C(N)N1CCN(c2ncccn2)CC1. The predicted molar refractivity (Wildman–Crippen MR) is 100 cm³/mol. The van der Waals surface area contributed by atoms with Gasteiger partial charge in [-0.3, -0.25) is 0 Å². The fourth-order valence-corrected chi connectivity index (χ4v) is 3.08. The zero-order chi connectivity index (χ0) is 16.9. The van der Waals surface area contributed by atoms with Gasteiger partial charge in [-0.1, -0.05) is 22.0 Å². The number of rotatable bonds is 3. The highest BCUT2D eigenvalue weighted by molar-refractivity contribution is 9.10. The Hall–Kier alpha value is -2.15. The van der Waals surface area contributed by atoms with Gasteiger partial charge < -0.3 is 15.5 Å². The lowest BCUT2D eigenvalue weighted by Gasteiger charge is -2.35. The molecule has 24 heavy (non-hydrogen) atoms. The van der Waals surface area contributed by atoms with E-state index in [0.29, 0.717) is 12.5 Å². The zero-order valence-corrected chi connectivity index (χ0v) is 15.3. The standard InChI is InChI=1S/C17H21BrN6/c1-13-3-4-15(18)11-14(13)12-22-16(19)23-7-9-24(10-8-23)17-20-5-2-6-21-17/h2-6,11H,7-10,12H2,1H3,(H2,19,22). The molecule has 1 aliphatic heterocycles. The van der Waals surface area contributed by atoms with Crippen LogP contribution in [-0.2, 0) is 6.54 Å². The summed E-state index contributed by atoms with van der Waals surface area (Å²) in [6.07, 6.45) is 3.54. The minimum Gasteiger partial charge on any atom is -0.370 e. The van der Waals surface area contributed by atoms with Crippen molar-refractivity contribution in [3.63, 3.8) is 0 Å². The van der Waals surface area contributed by atoms with Crippen LogP contribution in [0.25, 0.3) is 0 Å². The van der Waals surface area contributed by atoms with Crippen molar-refractivity contribution in [3.05, 3.63) is 52.3 Å². The Bertz CT molecular complexity index is 710. The van der Waals surface area contributed by atoms with E-state index in [1.54, 1.807) is 12.4 Å². The van der Waals surface area contributed by atoms with Crippen molar-refractivity contribution >= 4 is 27.8 Å². The van der Waals surface area contributed by atoms with E-state index in [1.165, 1.54) is 11.1 Å². The molecule has 6 nitrogen and oxygen atoms in total. The Morgan fingerprint density at radius 3 is 2.62 bits per heavy atom. The lowest BCUT2D eigenvalue weighted by Crippen LogP contribution is -2.51. The molecule has 2 N–H and O–H groups in total. The van der Waals surface area contributed by atoms with E-state index in [9.17, 15) is 0 Å². The number of nitrogens with two attached hydrogens (primary N) is 1. The maximum Gasteiger partial charge on any atom is 0.225 e. The molecular formula is C17H21BrN6. The summed E-state index contributed by atoms with van der Waals surface area (Å²) in [6.45, 7) is 6.02. The van der Waals surface area contributed by atoms with E-state index in [4.69, 9.17) is 5.73 Å². The Labute approximate surface area is 150 Å². The van der Waals surface area contributed by atoms with Gasteiger partial charge in [0, 0.05) is 43.0 Å². The topological polar surface area (TPSA) is 70.6 Å². The molecule has 0 bridgehead atoms. The number of hydrogen-bond acceptors (Lipinski definition) is 4. The van der Waals surface area contributed by atoms with Crippen LogP contribution in [0, 0.1) is 6.92 Å². The molecule has 1 aromatic carbocycles. The van der Waals surface area contributed by atoms with Crippen molar-refractivity contribution in [1.82, 2.24) is 14.9 Å². The molecular weight excluding hydrogens is 368 g/mol. The second kappa shape index (κ2) is 7.61. The smallest absolute Gasteiger partial charge is 0.225 e. The van der Waals surface area contributed by atoms with Gasteiger partial charge in [0.05, 0.1) is 6.54 Å². The molecule has 2 heterocycles. The summed E-state index contributed by atoms with van der Waals surface area (Å²) >= 11 is 3.50. The number of anilines is 1. The highest BCUT2D eigenvalue weighted by Gasteiger charge is 2.19. The van der Waals surface area contributed by atoms with Gasteiger partial charge in [-0.2, -0.15) is 0 Å². The minimum absolute atomic E-state index is 0.596. The van der Waals surface area contributed by atoms with Crippen molar-refractivity contribution in [2.75, 3.05) is 31.1 Å². The first-order chi connectivity index (χ1) is 11.6. The van der Waals surface area contributed by atoms with E-state index in [1.807, 2.05) is 12.1 Å². The van der Waals surface area contributed by atoms with Gasteiger partial charge in [-0.15, -0.1) is 0 Å². The van der Waals surface area contributed by atoms with Crippen LogP contribution in [0.4, 0.5) is 5.95 Å². The number of benzene rings is 1. The monoisotopic (exact) mass is 388 g/mol. The van der Waals surface area contributed by atoms with Crippen LogP contribution >= 0.6 is 15.9 Å². The van der Waals surface area contributed by atoms with E-state index in [0.717, 1.165) is 36.6 Å². The lowest BCUT2D eigenvalue weighted by atomic mass is 10.1. The van der Waals surface area contributed by atoms with Crippen molar-refractivity contribution in [2.45, 2.75) is 13.5 Å². The maximum atomic E-state index is 6.18. The van der Waals surface area contributed by atoms with Crippen LogP contribution < -0.4 is 10.6 Å². The first kappa shape index (κ1) is 16.7. The van der Waals surface area contributed by atoms with Gasteiger partial charge in [0.15, 0.2) is 5.96 Å². The second-order valence-corrected chi connectivity index (χ2v) is 6.68. The van der Waals surface area contributed by atoms with Crippen LogP contribution in [-0.4, -0.2) is 47.0 Å². The number of hydrogen-bond donors (Lipinski definition) is 1. The summed E-state index contributed by atoms with van der Waals surface area (Å²) < 4.78 is 1.06. The normalized spacial score (nSPS) is 15.7. The third-order valence-corrected chi connectivity index (χ3v) is 4.65. The van der Waals surface area contributed by atoms with Gasteiger partial charge in [-0.25, -0.2) is 15.0 Å². The Kier molecular flexibility index (Phi) is 5.30. The minimum atomic E-state index is 0.596. The van der Waals surface area contributed by atoms with Gasteiger partial charge in [-0.05, 0) is 36.2 Å². The number of halogens is 1. The lowest BCUT2D eigenvalue weighted by molar-refractivity contribution is 0.378. The number of aryl methyl sites for hydroxylation is 1. The first-order valence-electron chi connectivity index (χ1n) is 7.95. The average molecular weight is 389 g/mol. The van der Waals surface area contributed by atoms with Crippen molar-refractivity contribution < 1.29 is 0 Å². The Morgan fingerprint density at radius 2 is 1.92 bits per heavy atom. The van der Waals surface area contributed by atoms with Crippen LogP contribution in [0.5, 0.6) is 0 Å². The van der Waals surface area contributed by atoms with E-state index < -0.39 is 0 Å². The summed E-state index contributed by atoms with van der Waals surface area (Å²) in [4.78, 5) is 17.4. The molecule has 0 atom stereocenters. The molecule has 0 spiro atoms. The number of nitrogens with zero attached hydrogens (tertiary/aromatic N) is 5.